The van der Waals surface area contributed by atoms with Crippen LogP contribution in [0.5, 0.6) is 0 Å². The molecule has 2 aliphatic rings. The summed E-state index contributed by atoms with van der Waals surface area (Å²) in [6, 6.07) is 12.8. The number of carbonyl (C=O) groups is 3. The van der Waals surface area contributed by atoms with E-state index in [2.05, 4.69) is 10.3 Å². The molecule has 2 aliphatic heterocycles. The van der Waals surface area contributed by atoms with E-state index in [0.29, 0.717) is 45.4 Å². The first-order valence-corrected chi connectivity index (χ1v) is 11.4. The van der Waals surface area contributed by atoms with Crippen molar-refractivity contribution in [2.75, 3.05) is 19.6 Å². The summed E-state index contributed by atoms with van der Waals surface area (Å²) < 4.78 is 0. The summed E-state index contributed by atoms with van der Waals surface area (Å²) in [5.74, 6) is -0.0851. The predicted octanol–water partition coefficient (Wildman–Crippen LogP) is 2.69. The molecule has 2 aromatic rings. The Hall–Kier alpha value is -3.22. The summed E-state index contributed by atoms with van der Waals surface area (Å²) in [6.07, 6.45) is 6.99. The molecule has 2 fully saturated rings. The van der Waals surface area contributed by atoms with E-state index in [9.17, 15) is 14.4 Å². The number of hydrogen-bond donors (Lipinski definition) is 1. The Bertz CT molecular complexity index is 927. The van der Waals surface area contributed by atoms with E-state index >= 15 is 0 Å². The number of nitrogens with one attached hydrogen (secondary N) is 1. The molecular formula is C25H30N4O3. The van der Waals surface area contributed by atoms with Gasteiger partial charge in [-0.25, -0.2) is 0 Å². The third-order valence-corrected chi connectivity index (χ3v) is 6.39. The third-order valence-electron chi connectivity index (χ3n) is 6.39. The van der Waals surface area contributed by atoms with Crippen LogP contribution in [0.1, 0.15) is 49.3 Å². The minimum Gasteiger partial charge on any atom is -0.352 e. The summed E-state index contributed by atoms with van der Waals surface area (Å²) in [5.41, 5.74) is 1.81. The molecule has 1 aromatic heterocycles. The SMILES string of the molecule is O=C(NCc1cccnc1)C1CCN(C(=O)C(c2ccccc2)N2CCCCC2=O)CC1. The molecule has 3 heterocycles. The van der Waals surface area contributed by atoms with E-state index in [-0.39, 0.29) is 23.6 Å². The lowest BCUT2D eigenvalue weighted by molar-refractivity contribution is -0.149. The summed E-state index contributed by atoms with van der Waals surface area (Å²) in [7, 11) is 0. The first-order chi connectivity index (χ1) is 15.6. The lowest BCUT2D eigenvalue weighted by Gasteiger charge is -2.39. The molecule has 1 N–H and O–H groups in total. The van der Waals surface area contributed by atoms with Crippen molar-refractivity contribution in [1.82, 2.24) is 20.1 Å². The first-order valence-electron chi connectivity index (χ1n) is 11.4. The van der Waals surface area contributed by atoms with E-state index in [4.69, 9.17) is 0 Å². The lowest BCUT2D eigenvalue weighted by atomic mass is 9.94. The molecule has 32 heavy (non-hydrogen) atoms. The minimum absolute atomic E-state index is 0.0202. The Morgan fingerprint density at radius 1 is 1.03 bits per heavy atom. The van der Waals surface area contributed by atoms with Gasteiger partial charge in [0.05, 0.1) is 0 Å². The molecule has 4 rings (SSSR count). The maximum Gasteiger partial charge on any atom is 0.250 e. The fraction of sp³-hybridized carbons (Fsp3) is 0.440. The van der Waals surface area contributed by atoms with Crippen LogP contribution in [0.2, 0.25) is 0 Å². The molecule has 1 unspecified atom stereocenters. The maximum absolute atomic E-state index is 13.6. The molecular weight excluding hydrogens is 404 g/mol. The summed E-state index contributed by atoms with van der Waals surface area (Å²) >= 11 is 0. The lowest BCUT2D eigenvalue weighted by Crippen LogP contribution is -2.50. The van der Waals surface area contributed by atoms with E-state index in [1.165, 1.54) is 0 Å². The molecule has 0 bridgehead atoms. The van der Waals surface area contributed by atoms with Gasteiger partial charge < -0.3 is 15.1 Å². The van der Waals surface area contributed by atoms with Crippen LogP contribution in [-0.2, 0) is 20.9 Å². The van der Waals surface area contributed by atoms with Gasteiger partial charge in [-0.15, -0.1) is 0 Å². The van der Waals surface area contributed by atoms with Crippen LogP contribution < -0.4 is 5.32 Å². The zero-order valence-corrected chi connectivity index (χ0v) is 18.3. The molecule has 7 heteroatoms. The highest BCUT2D eigenvalue weighted by atomic mass is 16.2. The van der Waals surface area contributed by atoms with Crippen LogP contribution >= 0.6 is 0 Å². The van der Waals surface area contributed by atoms with Gasteiger partial charge >= 0.3 is 0 Å². The predicted molar refractivity (Wildman–Crippen MR) is 120 cm³/mol. The molecule has 1 aromatic carbocycles. The number of hydrogen-bond acceptors (Lipinski definition) is 4. The van der Waals surface area contributed by atoms with Crippen LogP contribution in [0.25, 0.3) is 0 Å². The van der Waals surface area contributed by atoms with Crippen molar-refractivity contribution in [3.8, 4) is 0 Å². The van der Waals surface area contributed by atoms with Crippen molar-refractivity contribution >= 4 is 17.7 Å². The monoisotopic (exact) mass is 434 g/mol. The Morgan fingerprint density at radius 3 is 2.50 bits per heavy atom. The van der Waals surface area contributed by atoms with E-state index in [0.717, 1.165) is 24.0 Å². The van der Waals surface area contributed by atoms with Crippen molar-refractivity contribution in [2.45, 2.75) is 44.7 Å². The van der Waals surface area contributed by atoms with Gasteiger partial charge in [-0.1, -0.05) is 36.4 Å². The highest BCUT2D eigenvalue weighted by Crippen LogP contribution is 2.29. The minimum atomic E-state index is -0.583. The standard InChI is InChI=1S/C25H30N4O3/c30-22-10-4-5-14-29(22)23(20-8-2-1-3-9-20)25(32)28-15-11-21(12-16-28)24(31)27-18-19-7-6-13-26-17-19/h1-3,6-9,13,17,21,23H,4-5,10-12,14-16,18H2,(H,27,31). The Labute approximate surface area is 188 Å². The van der Waals surface area contributed by atoms with Crippen LogP contribution in [-0.4, -0.2) is 52.1 Å². The van der Waals surface area contributed by atoms with Gasteiger partial charge in [0, 0.05) is 50.9 Å². The maximum atomic E-state index is 13.6. The largest absolute Gasteiger partial charge is 0.352 e. The smallest absolute Gasteiger partial charge is 0.250 e. The molecule has 1 atom stereocenters. The third kappa shape index (κ3) is 5.15. The zero-order valence-electron chi connectivity index (χ0n) is 18.3. The topological polar surface area (TPSA) is 82.6 Å². The molecule has 3 amide bonds. The molecule has 2 saturated heterocycles. The number of benzene rings is 1. The quantitative estimate of drug-likeness (QED) is 0.758. The van der Waals surface area contributed by atoms with Crippen LogP contribution in [0.3, 0.4) is 0 Å². The number of amides is 3. The highest BCUT2D eigenvalue weighted by molar-refractivity contribution is 5.89. The highest BCUT2D eigenvalue weighted by Gasteiger charge is 2.37. The first kappa shape index (κ1) is 22.0. The normalized spacial score (nSPS) is 18.3. The van der Waals surface area contributed by atoms with Gasteiger partial charge in [0.2, 0.25) is 17.7 Å². The fourth-order valence-corrected chi connectivity index (χ4v) is 4.56. The van der Waals surface area contributed by atoms with E-state index in [1.54, 1.807) is 17.3 Å². The van der Waals surface area contributed by atoms with Crippen molar-refractivity contribution in [2.24, 2.45) is 5.92 Å². The second-order valence-corrected chi connectivity index (χ2v) is 8.54. The summed E-state index contributed by atoms with van der Waals surface area (Å²) in [6.45, 7) is 2.11. The van der Waals surface area contributed by atoms with Crippen molar-refractivity contribution in [3.63, 3.8) is 0 Å². The van der Waals surface area contributed by atoms with Crippen LogP contribution in [0.15, 0.2) is 54.9 Å². The second-order valence-electron chi connectivity index (χ2n) is 8.54. The van der Waals surface area contributed by atoms with Crippen LogP contribution in [0.4, 0.5) is 0 Å². The van der Waals surface area contributed by atoms with Crippen molar-refractivity contribution < 1.29 is 14.4 Å². The van der Waals surface area contributed by atoms with Gasteiger partial charge in [-0.2, -0.15) is 0 Å². The fourth-order valence-electron chi connectivity index (χ4n) is 4.56. The number of pyridine rings is 1. The number of aromatic nitrogens is 1. The molecule has 0 spiro atoms. The number of rotatable bonds is 6. The average Bonchev–Trinajstić information content (AvgIpc) is 2.85. The summed E-state index contributed by atoms with van der Waals surface area (Å²) in [5, 5.41) is 2.98. The van der Waals surface area contributed by atoms with E-state index in [1.807, 2.05) is 47.4 Å². The van der Waals surface area contributed by atoms with Gasteiger partial charge in [-0.05, 0) is 42.9 Å². The molecule has 7 nitrogen and oxygen atoms in total. The number of carbonyl (C=O) groups excluding carboxylic acids is 3. The molecule has 0 aliphatic carbocycles. The number of likely N-dealkylation sites (tertiary alicyclic amines) is 2. The summed E-state index contributed by atoms with van der Waals surface area (Å²) in [4.78, 5) is 46.4. The Balaban J connectivity index is 1.38. The van der Waals surface area contributed by atoms with Gasteiger partial charge in [0.1, 0.15) is 6.04 Å². The van der Waals surface area contributed by atoms with E-state index < -0.39 is 6.04 Å². The Kier molecular flexibility index (Phi) is 7.14. The molecule has 168 valence electrons. The van der Waals surface area contributed by atoms with Gasteiger partial charge in [0.15, 0.2) is 0 Å². The molecule has 0 saturated carbocycles. The van der Waals surface area contributed by atoms with Gasteiger partial charge in [0.25, 0.3) is 0 Å². The van der Waals surface area contributed by atoms with Crippen LogP contribution in [0, 0.1) is 5.92 Å². The second kappa shape index (κ2) is 10.4. The van der Waals surface area contributed by atoms with Crippen molar-refractivity contribution in [1.29, 1.82) is 0 Å². The van der Waals surface area contributed by atoms with Crippen molar-refractivity contribution in [3.05, 3.63) is 66.0 Å². The molecule has 0 radical (unpaired) electrons. The van der Waals surface area contributed by atoms with Gasteiger partial charge in [-0.3, -0.25) is 19.4 Å². The zero-order chi connectivity index (χ0) is 22.3. The Morgan fingerprint density at radius 2 is 1.81 bits per heavy atom. The average molecular weight is 435 g/mol. The number of nitrogens with zero attached hydrogens (tertiary/aromatic N) is 3. The number of piperidine rings is 2.